The third-order valence-electron chi connectivity index (χ3n) is 4.69. The van der Waals surface area contributed by atoms with Gasteiger partial charge in [0.2, 0.25) is 5.91 Å². The zero-order valence-electron chi connectivity index (χ0n) is 11.3. The van der Waals surface area contributed by atoms with E-state index in [9.17, 15) is 9.90 Å². The average molecular weight is 259 g/mol. The number of aryl methyl sites for hydroxylation is 1. The molecular formula is C16H21NO2. The molecule has 4 atom stereocenters. The topological polar surface area (TPSA) is 49.3 Å². The van der Waals surface area contributed by atoms with E-state index in [0.29, 0.717) is 11.8 Å². The van der Waals surface area contributed by atoms with Crippen LogP contribution in [-0.4, -0.2) is 23.7 Å². The van der Waals surface area contributed by atoms with Gasteiger partial charge in [-0.3, -0.25) is 4.79 Å². The zero-order chi connectivity index (χ0) is 13.4. The van der Waals surface area contributed by atoms with Crippen LogP contribution >= 0.6 is 0 Å². The quantitative estimate of drug-likeness (QED) is 0.867. The van der Waals surface area contributed by atoms with Crippen molar-refractivity contribution in [2.45, 2.75) is 38.1 Å². The van der Waals surface area contributed by atoms with Gasteiger partial charge in [0.25, 0.3) is 0 Å². The highest BCUT2D eigenvalue weighted by Crippen LogP contribution is 2.59. The standard InChI is InChI=1S/C16H21NO2/c1-2-11(9-18)17-16(19)15-13-8-7-10-5-3-4-6-12(10)14(13)15/h3-6,11,13-15,18H,2,7-9H2,1H3,(H,17,19). The number of hydrogen-bond donors (Lipinski definition) is 2. The number of carbonyl (C=O) groups excluding carboxylic acids is 1. The lowest BCUT2D eigenvalue weighted by Gasteiger charge is -2.14. The summed E-state index contributed by atoms with van der Waals surface area (Å²) in [6.07, 6.45) is 2.99. The van der Waals surface area contributed by atoms with Gasteiger partial charge in [-0.1, -0.05) is 31.2 Å². The minimum atomic E-state index is -0.0922. The molecule has 4 unspecified atom stereocenters. The first kappa shape index (κ1) is 12.7. The fraction of sp³-hybridized carbons (Fsp3) is 0.562. The number of rotatable bonds is 4. The van der Waals surface area contributed by atoms with E-state index in [1.807, 2.05) is 6.92 Å². The van der Waals surface area contributed by atoms with Crippen LogP contribution in [0.5, 0.6) is 0 Å². The van der Waals surface area contributed by atoms with E-state index in [0.717, 1.165) is 19.3 Å². The van der Waals surface area contributed by atoms with Crippen molar-refractivity contribution in [3.8, 4) is 0 Å². The molecule has 3 heteroatoms. The molecule has 2 aliphatic rings. The smallest absolute Gasteiger partial charge is 0.224 e. The molecule has 1 amide bonds. The lowest BCUT2D eigenvalue weighted by atomic mass is 9.92. The number of amides is 1. The first-order valence-corrected chi connectivity index (χ1v) is 7.25. The normalized spacial score (nSPS) is 29.1. The lowest BCUT2D eigenvalue weighted by molar-refractivity contribution is -0.123. The fourth-order valence-electron chi connectivity index (χ4n) is 3.50. The summed E-state index contributed by atoms with van der Waals surface area (Å²) < 4.78 is 0. The Morgan fingerprint density at radius 2 is 2.26 bits per heavy atom. The maximum atomic E-state index is 12.3. The van der Waals surface area contributed by atoms with E-state index in [-0.39, 0.29) is 24.5 Å². The molecule has 0 spiro atoms. The second kappa shape index (κ2) is 4.97. The van der Waals surface area contributed by atoms with E-state index >= 15 is 0 Å². The molecule has 1 aromatic carbocycles. The molecule has 3 nitrogen and oxygen atoms in total. The lowest BCUT2D eigenvalue weighted by Crippen LogP contribution is -2.38. The van der Waals surface area contributed by atoms with Crippen LogP contribution in [0, 0.1) is 11.8 Å². The molecule has 1 fully saturated rings. The Labute approximate surface area is 114 Å². The summed E-state index contributed by atoms with van der Waals surface area (Å²) in [6.45, 7) is 2.01. The first-order valence-electron chi connectivity index (χ1n) is 7.25. The van der Waals surface area contributed by atoms with E-state index in [4.69, 9.17) is 0 Å². The molecule has 0 saturated heterocycles. The van der Waals surface area contributed by atoms with Gasteiger partial charge < -0.3 is 10.4 Å². The van der Waals surface area contributed by atoms with Gasteiger partial charge >= 0.3 is 0 Å². The molecule has 0 radical (unpaired) electrons. The van der Waals surface area contributed by atoms with Gasteiger partial charge in [-0.15, -0.1) is 0 Å². The minimum absolute atomic E-state index is 0.0287. The molecule has 0 bridgehead atoms. The summed E-state index contributed by atoms with van der Waals surface area (Å²) in [4.78, 5) is 12.3. The molecule has 0 heterocycles. The van der Waals surface area contributed by atoms with Crippen molar-refractivity contribution < 1.29 is 9.90 Å². The second-order valence-electron chi connectivity index (χ2n) is 5.75. The molecule has 0 aromatic heterocycles. The minimum Gasteiger partial charge on any atom is -0.394 e. The van der Waals surface area contributed by atoms with Crippen LogP contribution < -0.4 is 5.32 Å². The maximum absolute atomic E-state index is 12.3. The van der Waals surface area contributed by atoms with Crippen molar-refractivity contribution in [3.63, 3.8) is 0 Å². The van der Waals surface area contributed by atoms with Crippen LogP contribution in [0.2, 0.25) is 0 Å². The monoisotopic (exact) mass is 259 g/mol. The van der Waals surface area contributed by atoms with Crippen molar-refractivity contribution in [1.82, 2.24) is 5.32 Å². The van der Waals surface area contributed by atoms with Crippen molar-refractivity contribution in [1.29, 1.82) is 0 Å². The predicted octanol–water partition coefficient (Wildman–Crippen LogP) is 1.85. The van der Waals surface area contributed by atoms with E-state index < -0.39 is 0 Å². The van der Waals surface area contributed by atoms with Gasteiger partial charge in [0.05, 0.1) is 12.6 Å². The zero-order valence-corrected chi connectivity index (χ0v) is 11.3. The van der Waals surface area contributed by atoms with Gasteiger partial charge in [0.1, 0.15) is 0 Å². The third kappa shape index (κ3) is 2.16. The number of aliphatic hydroxyl groups is 1. The van der Waals surface area contributed by atoms with E-state index in [2.05, 4.69) is 29.6 Å². The average Bonchev–Trinajstić information content (AvgIpc) is 3.19. The van der Waals surface area contributed by atoms with Crippen molar-refractivity contribution in [2.75, 3.05) is 6.61 Å². The highest BCUT2D eigenvalue weighted by Gasteiger charge is 2.57. The van der Waals surface area contributed by atoms with Crippen LogP contribution in [-0.2, 0) is 11.2 Å². The molecule has 1 aromatic rings. The summed E-state index contributed by atoms with van der Waals surface area (Å²) in [5.74, 6) is 1.20. The highest BCUT2D eigenvalue weighted by atomic mass is 16.3. The predicted molar refractivity (Wildman–Crippen MR) is 73.8 cm³/mol. The Kier molecular flexibility index (Phi) is 3.31. The Morgan fingerprint density at radius 1 is 1.47 bits per heavy atom. The van der Waals surface area contributed by atoms with Crippen molar-refractivity contribution >= 4 is 5.91 Å². The SMILES string of the molecule is CCC(CO)NC(=O)C1C2CCc3ccccc3C21. The molecule has 3 rings (SSSR count). The van der Waals surface area contributed by atoms with Crippen molar-refractivity contribution in [3.05, 3.63) is 35.4 Å². The molecule has 1 saturated carbocycles. The number of fused-ring (bicyclic) bond motifs is 3. The molecule has 19 heavy (non-hydrogen) atoms. The van der Waals surface area contributed by atoms with Crippen molar-refractivity contribution in [2.24, 2.45) is 11.8 Å². The second-order valence-corrected chi connectivity index (χ2v) is 5.75. The van der Waals surface area contributed by atoms with Crippen LogP contribution in [0.25, 0.3) is 0 Å². The van der Waals surface area contributed by atoms with Crippen LogP contribution in [0.3, 0.4) is 0 Å². The van der Waals surface area contributed by atoms with Crippen LogP contribution in [0.1, 0.15) is 36.8 Å². The van der Waals surface area contributed by atoms with E-state index in [1.165, 1.54) is 11.1 Å². The summed E-state index contributed by atoms with van der Waals surface area (Å²) in [5, 5.41) is 12.2. The number of nitrogens with one attached hydrogen (secondary N) is 1. The summed E-state index contributed by atoms with van der Waals surface area (Å²) >= 11 is 0. The third-order valence-corrected chi connectivity index (χ3v) is 4.69. The molecule has 2 N–H and O–H groups in total. The van der Waals surface area contributed by atoms with Gasteiger partial charge in [0.15, 0.2) is 0 Å². The van der Waals surface area contributed by atoms with Crippen LogP contribution in [0.4, 0.5) is 0 Å². The maximum Gasteiger partial charge on any atom is 0.224 e. The number of hydrogen-bond acceptors (Lipinski definition) is 2. The summed E-state index contributed by atoms with van der Waals surface area (Å²) in [5.41, 5.74) is 2.78. The fourth-order valence-corrected chi connectivity index (χ4v) is 3.50. The largest absolute Gasteiger partial charge is 0.394 e. The number of carbonyl (C=O) groups is 1. The summed E-state index contributed by atoms with van der Waals surface area (Å²) in [6, 6.07) is 8.40. The van der Waals surface area contributed by atoms with Gasteiger partial charge in [-0.05, 0) is 42.2 Å². The molecular weight excluding hydrogens is 238 g/mol. The Morgan fingerprint density at radius 3 is 3.00 bits per heavy atom. The first-order chi connectivity index (χ1) is 9.26. The Bertz CT molecular complexity index is 481. The van der Waals surface area contributed by atoms with Crippen LogP contribution in [0.15, 0.2) is 24.3 Å². The van der Waals surface area contributed by atoms with E-state index in [1.54, 1.807) is 0 Å². The number of benzene rings is 1. The molecule has 2 aliphatic carbocycles. The van der Waals surface area contributed by atoms with Gasteiger partial charge in [0, 0.05) is 5.92 Å². The van der Waals surface area contributed by atoms with Gasteiger partial charge in [-0.25, -0.2) is 0 Å². The Hall–Kier alpha value is -1.35. The number of aliphatic hydroxyl groups excluding tert-OH is 1. The van der Waals surface area contributed by atoms with Gasteiger partial charge in [-0.2, -0.15) is 0 Å². The summed E-state index contributed by atoms with van der Waals surface area (Å²) in [7, 11) is 0. The Balaban J connectivity index is 1.72. The highest BCUT2D eigenvalue weighted by molar-refractivity contribution is 5.84. The molecule has 102 valence electrons. The molecule has 0 aliphatic heterocycles.